The summed E-state index contributed by atoms with van der Waals surface area (Å²) in [5.74, 6) is 0.388. The molecule has 33 heavy (non-hydrogen) atoms. The van der Waals surface area contributed by atoms with Crippen LogP contribution in [0, 0.1) is 5.82 Å². The number of fused-ring (bicyclic) bond motifs is 1. The number of anilines is 2. The smallest absolute Gasteiger partial charge is 0.222 e. The zero-order chi connectivity index (χ0) is 22.9. The molecule has 0 saturated carbocycles. The summed E-state index contributed by atoms with van der Waals surface area (Å²) < 4.78 is 24.4. The molecule has 0 atom stereocenters. The second-order valence-electron chi connectivity index (χ2n) is 8.70. The standard InChI is InChI=1S/C24H29FN6O2/c1-3-23(32)30-9-6-22-19(15-30)24(28-31(22)18-7-10-33-11-8-18)27-21-5-4-16(12-20(21)25)17-13-26-29(2)14-17/h4-5,12-14,18H,3,6-11,15H2,1-2H3,(H,27,28). The average Bonchev–Trinajstić information content (AvgIpc) is 3.44. The Morgan fingerprint density at radius 3 is 2.79 bits per heavy atom. The Morgan fingerprint density at radius 1 is 1.27 bits per heavy atom. The monoisotopic (exact) mass is 452 g/mol. The number of carbonyl (C=O) groups is 1. The number of aryl methyl sites for hydroxylation is 1. The molecule has 1 aromatic carbocycles. The third-order valence-corrected chi connectivity index (χ3v) is 6.54. The molecule has 1 N–H and O–H groups in total. The number of aromatic nitrogens is 4. The summed E-state index contributed by atoms with van der Waals surface area (Å²) in [4.78, 5) is 14.2. The highest BCUT2D eigenvalue weighted by Gasteiger charge is 2.30. The van der Waals surface area contributed by atoms with Crippen molar-refractivity contribution in [1.29, 1.82) is 0 Å². The van der Waals surface area contributed by atoms with Crippen molar-refractivity contribution in [3.8, 4) is 11.1 Å². The van der Waals surface area contributed by atoms with Gasteiger partial charge in [-0.15, -0.1) is 0 Å². The van der Waals surface area contributed by atoms with Crippen LogP contribution < -0.4 is 5.32 Å². The van der Waals surface area contributed by atoms with Crippen molar-refractivity contribution < 1.29 is 13.9 Å². The Bertz CT molecular complexity index is 1160. The van der Waals surface area contributed by atoms with Crippen LogP contribution in [0.4, 0.5) is 15.9 Å². The number of halogens is 1. The predicted molar refractivity (Wildman–Crippen MR) is 123 cm³/mol. The molecule has 2 aliphatic heterocycles. The number of benzene rings is 1. The maximum Gasteiger partial charge on any atom is 0.222 e. The van der Waals surface area contributed by atoms with Crippen LogP contribution in [0.25, 0.3) is 11.1 Å². The van der Waals surface area contributed by atoms with E-state index in [1.54, 1.807) is 16.9 Å². The third kappa shape index (κ3) is 4.25. The van der Waals surface area contributed by atoms with Gasteiger partial charge in [0.1, 0.15) is 5.82 Å². The highest BCUT2D eigenvalue weighted by molar-refractivity contribution is 5.77. The van der Waals surface area contributed by atoms with E-state index >= 15 is 4.39 Å². The van der Waals surface area contributed by atoms with Gasteiger partial charge >= 0.3 is 0 Å². The van der Waals surface area contributed by atoms with Gasteiger partial charge in [0.2, 0.25) is 5.91 Å². The zero-order valence-corrected chi connectivity index (χ0v) is 19.1. The first-order valence-electron chi connectivity index (χ1n) is 11.5. The molecule has 1 amide bonds. The molecule has 5 rings (SSSR count). The quantitative estimate of drug-likeness (QED) is 0.637. The van der Waals surface area contributed by atoms with E-state index in [0.717, 1.165) is 41.6 Å². The van der Waals surface area contributed by atoms with Crippen LogP contribution in [0.2, 0.25) is 0 Å². The van der Waals surface area contributed by atoms with Gasteiger partial charge in [-0.2, -0.15) is 10.2 Å². The number of nitrogens with zero attached hydrogens (tertiary/aromatic N) is 5. The first kappa shape index (κ1) is 21.6. The van der Waals surface area contributed by atoms with Gasteiger partial charge in [0.25, 0.3) is 0 Å². The minimum absolute atomic E-state index is 0.123. The Morgan fingerprint density at radius 2 is 2.09 bits per heavy atom. The molecule has 3 aromatic rings. The molecule has 0 aliphatic carbocycles. The number of rotatable bonds is 5. The van der Waals surface area contributed by atoms with E-state index in [2.05, 4.69) is 15.1 Å². The largest absolute Gasteiger partial charge is 0.381 e. The molecule has 0 bridgehead atoms. The minimum Gasteiger partial charge on any atom is -0.381 e. The van der Waals surface area contributed by atoms with E-state index in [-0.39, 0.29) is 17.8 Å². The SMILES string of the molecule is CCC(=O)N1CCc2c(c(Nc3ccc(-c4cnn(C)c4)cc3F)nn2C2CCOCC2)C1. The van der Waals surface area contributed by atoms with Crippen molar-refractivity contribution in [3.05, 3.63) is 47.7 Å². The normalized spacial score (nSPS) is 16.6. The fraction of sp³-hybridized carbons (Fsp3) is 0.458. The van der Waals surface area contributed by atoms with Crippen LogP contribution in [-0.4, -0.2) is 50.1 Å². The molecule has 8 nitrogen and oxygen atoms in total. The second-order valence-corrected chi connectivity index (χ2v) is 8.70. The predicted octanol–water partition coefficient (Wildman–Crippen LogP) is 3.81. The van der Waals surface area contributed by atoms with Crippen molar-refractivity contribution in [2.24, 2.45) is 7.05 Å². The van der Waals surface area contributed by atoms with E-state index in [9.17, 15) is 4.79 Å². The molecule has 0 spiro atoms. The molecule has 2 aromatic heterocycles. The lowest BCUT2D eigenvalue weighted by atomic mass is 10.0. The van der Waals surface area contributed by atoms with Crippen LogP contribution in [0.15, 0.2) is 30.6 Å². The molecular formula is C24H29FN6O2. The van der Waals surface area contributed by atoms with Crippen molar-refractivity contribution in [1.82, 2.24) is 24.5 Å². The molecule has 0 radical (unpaired) electrons. The first-order chi connectivity index (χ1) is 16.0. The van der Waals surface area contributed by atoms with E-state index in [0.29, 0.717) is 44.2 Å². The van der Waals surface area contributed by atoms with Gasteiger partial charge in [0.05, 0.1) is 24.5 Å². The van der Waals surface area contributed by atoms with Crippen LogP contribution in [0.3, 0.4) is 0 Å². The number of carbonyl (C=O) groups excluding carboxylic acids is 1. The number of hydrogen-bond acceptors (Lipinski definition) is 5. The van der Waals surface area contributed by atoms with Crippen molar-refractivity contribution in [3.63, 3.8) is 0 Å². The van der Waals surface area contributed by atoms with Gasteiger partial charge in [-0.3, -0.25) is 14.2 Å². The fourth-order valence-electron chi connectivity index (χ4n) is 4.71. The van der Waals surface area contributed by atoms with Gasteiger partial charge < -0.3 is 15.0 Å². The maximum absolute atomic E-state index is 15.1. The Labute approximate surface area is 192 Å². The fourth-order valence-corrected chi connectivity index (χ4v) is 4.71. The zero-order valence-electron chi connectivity index (χ0n) is 19.1. The summed E-state index contributed by atoms with van der Waals surface area (Å²) in [6, 6.07) is 5.37. The lowest BCUT2D eigenvalue weighted by Gasteiger charge is -2.30. The minimum atomic E-state index is -0.358. The Hall–Kier alpha value is -3.20. The summed E-state index contributed by atoms with van der Waals surface area (Å²) in [5, 5.41) is 12.3. The summed E-state index contributed by atoms with van der Waals surface area (Å²) >= 11 is 0. The molecule has 2 aliphatic rings. The summed E-state index contributed by atoms with van der Waals surface area (Å²) in [7, 11) is 1.83. The van der Waals surface area contributed by atoms with Crippen molar-refractivity contribution in [2.75, 3.05) is 25.1 Å². The van der Waals surface area contributed by atoms with E-state index in [1.807, 2.05) is 31.1 Å². The number of nitrogens with one attached hydrogen (secondary N) is 1. The van der Waals surface area contributed by atoms with Crippen LogP contribution >= 0.6 is 0 Å². The van der Waals surface area contributed by atoms with E-state index in [1.165, 1.54) is 6.07 Å². The molecule has 9 heteroatoms. The molecule has 1 saturated heterocycles. The van der Waals surface area contributed by atoms with Gasteiger partial charge in [0, 0.05) is 62.7 Å². The molecule has 174 valence electrons. The van der Waals surface area contributed by atoms with Crippen LogP contribution in [0.5, 0.6) is 0 Å². The summed E-state index contributed by atoms with van der Waals surface area (Å²) in [6.45, 7) is 4.48. The molecule has 1 fully saturated rings. The Balaban J connectivity index is 1.47. The number of amides is 1. The molecule has 0 unspecified atom stereocenters. The second kappa shape index (κ2) is 8.97. The highest BCUT2D eigenvalue weighted by Crippen LogP contribution is 2.34. The van der Waals surface area contributed by atoms with E-state index in [4.69, 9.17) is 9.84 Å². The van der Waals surface area contributed by atoms with E-state index < -0.39 is 0 Å². The first-order valence-corrected chi connectivity index (χ1v) is 11.5. The molecule has 4 heterocycles. The third-order valence-electron chi connectivity index (χ3n) is 6.54. The lowest BCUT2D eigenvalue weighted by molar-refractivity contribution is -0.131. The average molecular weight is 453 g/mol. The van der Waals surface area contributed by atoms with Gasteiger partial charge in [-0.1, -0.05) is 13.0 Å². The van der Waals surface area contributed by atoms with Crippen molar-refractivity contribution in [2.45, 2.75) is 45.2 Å². The highest BCUT2D eigenvalue weighted by atomic mass is 19.1. The number of ether oxygens (including phenoxy) is 1. The maximum atomic E-state index is 15.1. The lowest BCUT2D eigenvalue weighted by Crippen LogP contribution is -2.36. The topological polar surface area (TPSA) is 77.2 Å². The molecular weight excluding hydrogens is 423 g/mol. The summed E-state index contributed by atoms with van der Waals surface area (Å²) in [5.41, 5.74) is 4.10. The van der Waals surface area contributed by atoms with Crippen LogP contribution in [-0.2, 0) is 29.5 Å². The van der Waals surface area contributed by atoms with Gasteiger partial charge in [-0.05, 0) is 30.5 Å². The number of hydrogen-bond donors (Lipinski definition) is 1. The van der Waals surface area contributed by atoms with Crippen molar-refractivity contribution >= 4 is 17.4 Å². The van der Waals surface area contributed by atoms with Gasteiger partial charge in [0.15, 0.2) is 5.82 Å². The van der Waals surface area contributed by atoms with Gasteiger partial charge in [-0.25, -0.2) is 4.39 Å². The Kier molecular flexibility index (Phi) is 5.88. The van der Waals surface area contributed by atoms with Crippen LogP contribution in [0.1, 0.15) is 43.5 Å². The summed E-state index contributed by atoms with van der Waals surface area (Å²) in [6.07, 6.45) is 6.59.